The molecular formula is C67H72ClF3N10O7. The summed E-state index contributed by atoms with van der Waals surface area (Å²) in [4.78, 5) is 70.8. The highest BCUT2D eigenvalue weighted by Gasteiger charge is 2.34. The molecule has 0 aliphatic carbocycles. The zero-order chi connectivity index (χ0) is 62.2. The van der Waals surface area contributed by atoms with Crippen molar-refractivity contribution in [2.75, 3.05) is 90.8 Å². The number of alkyl halides is 3. The van der Waals surface area contributed by atoms with Crippen molar-refractivity contribution < 1.29 is 41.8 Å². The molecule has 0 unspecified atom stereocenters. The maximum absolute atomic E-state index is 14.6. The van der Waals surface area contributed by atoms with Crippen molar-refractivity contribution in [1.82, 2.24) is 44.2 Å². The van der Waals surface area contributed by atoms with E-state index in [9.17, 15) is 32.3 Å². The molecule has 1 aliphatic rings. The van der Waals surface area contributed by atoms with E-state index in [2.05, 4.69) is 42.4 Å². The zero-order valence-corrected chi connectivity index (χ0v) is 50.6. The Morgan fingerprint density at radius 3 is 2.26 bits per heavy atom. The third-order valence-electron chi connectivity index (χ3n) is 15.1. The van der Waals surface area contributed by atoms with E-state index in [0.29, 0.717) is 115 Å². The summed E-state index contributed by atoms with van der Waals surface area (Å²) in [5.74, 6) is 5.37. The van der Waals surface area contributed by atoms with Crippen LogP contribution in [0, 0.1) is 24.7 Å². The van der Waals surface area contributed by atoms with E-state index in [1.807, 2.05) is 70.2 Å². The number of nitrogens with zero attached hydrogens (tertiary/aromatic N) is 8. The molecular weight excluding hydrogens is 1150 g/mol. The standard InChI is InChI=1S/C67H72ClF3N10O7/c1-5-51-18-19-54(38-53(51)17-14-49-41-73-60-22-24-74-81(60)44-49)64(83)75-57-37-50(36-55(39-57)67(69,70)71)42-78-28-26-77(27-29-78)30-31-86-32-33-87-34-35-88-45-61(82)72-23-9-25-79(65(84)52-15-12-47(4)13-16-52)62(46(2)3)63-76-59-40-56(68)20-21-58(59)66(85)80(63)43-48-10-7-6-8-11-48/h6-8,10-13,15-16,18-22,24,36-41,44,46,62H,5,9,23,25-35,42-43,45H2,1-4H3,(H,72,82)(H,75,83)/t62-/m1/s1. The SMILES string of the molecule is CCc1ccc(C(=O)Nc2cc(CN3CCN(CCOCCOCCOCC(=O)NCCCN(C(=O)c4ccc(C)cc4)[C@@H](c4nc5cc(Cl)ccc5c(=O)n4Cc4ccccc4)C(C)C)CC3)cc(C(F)(F)F)c2)cc1C#Cc1cnc2ccnn2c1. The fourth-order valence-corrected chi connectivity index (χ4v) is 10.7. The number of piperazine rings is 1. The van der Waals surface area contributed by atoms with Crippen molar-refractivity contribution in [3.05, 3.63) is 205 Å². The third-order valence-corrected chi connectivity index (χ3v) is 15.4. The predicted octanol–water partition coefficient (Wildman–Crippen LogP) is 9.90. The van der Waals surface area contributed by atoms with Gasteiger partial charge >= 0.3 is 6.18 Å². The van der Waals surface area contributed by atoms with E-state index in [-0.39, 0.29) is 80.5 Å². The van der Waals surface area contributed by atoms with E-state index < -0.39 is 23.7 Å². The van der Waals surface area contributed by atoms with Crippen molar-refractivity contribution in [3.63, 3.8) is 0 Å². The van der Waals surface area contributed by atoms with Crippen LogP contribution in [0.15, 0.2) is 139 Å². The summed E-state index contributed by atoms with van der Waals surface area (Å²) in [6, 6.07) is 31.9. The minimum Gasteiger partial charge on any atom is -0.378 e. The number of aryl methyl sites for hydroxylation is 2. The average molecular weight is 1220 g/mol. The maximum atomic E-state index is 14.6. The highest BCUT2D eigenvalue weighted by atomic mass is 35.5. The molecule has 3 amide bonds. The van der Waals surface area contributed by atoms with Crippen LogP contribution in [0.1, 0.15) is 98.7 Å². The molecule has 1 saturated heterocycles. The van der Waals surface area contributed by atoms with Gasteiger partial charge in [-0.25, -0.2) is 14.5 Å². The zero-order valence-electron chi connectivity index (χ0n) is 49.8. The number of fused-ring (bicyclic) bond motifs is 2. The van der Waals surface area contributed by atoms with Gasteiger partial charge in [-0.2, -0.15) is 18.3 Å². The smallest absolute Gasteiger partial charge is 0.378 e. The van der Waals surface area contributed by atoms with Crippen LogP contribution < -0.4 is 16.2 Å². The number of nitrogens with one attached hydrogen (secondary N) is 2. The number of aromatic nitrogens is 5. The lowest BCUT2D eigenvalue weighted by Crippen LogP contribution is -2.46. The van der Waals surface area contributed by atoms with Crippen LogP contribution in [0.2, 0.25) is 5.02 Å². The molecule has 3 aromatic heterocycles. The van der Waals surface area contributed by atoms with Crippen molar-refractivity contribution in [1.29, 1.82) is 0 Å². The second-order valence-corrected chi connectivity index (χ2v) is 22.4. The average Bonchev–Trinajstić information content (AvgIpc) is 1.77. The van der Waals surface area contributed by atoms with Gasteiger partial charge in [0.2, 0.25) is 5.91 Å². The largest absolute Gasteiger partial charge is 0.416 e. The lowest BCUT2D eigenvalue weighted by atomic mass is 9.98. The summed E-state index contributed by atoms with van der Waals surface area (Å²) in [5.41, 5.74) is 5.35. The molecule has 1 atom stereocenters. The Hall–Kier alpha value is -8.29. The molecule has 9 rings (SSSR count). The summed E-state index contributed by atoms with van der Waals surface area (Å²) in [7, 11) is 0. The minimum absolute atomic E-state index is 0.0486. The first-order valence-corrected chi connectivity index (χ1v) is 29.9. The number of hydrogen-bond acceptors (Lipinski definition) is 12. The summed E-state index contributed by atoms with van der Waals surface area (Å²) in [6.07, 6.45) is 1.48. The first kappa shape index (κ1) is 64.2. The molecule has 5 aromatic carbocycles. The van der Waals surface area contributed by atoms with E-state index in [1.165, 1.54) is 0 Å². The highest BCUT2D eigenvalue weighted by molar-refractivity contribution is 6.31. The van der Waals surface area contributed by atoms with E-state index in [0.717, 1.165) is 28.8 Å². The number of rotatable bonds is 26. The van der Waals surface area contributed by atoms with Crippen molar-refractivity contribution in [3.8, 4) is 11.8 Å². The molecule has 1 fully saturated rings. The predicted molar refractivity (Wildman–Crippen MR) is 332 cm³/mol. The molecule has 17 nitrogen and oxygen atoms in total. The van der Waals surface area contributed by atoms with Gasteiger partial charge in [-0.3, -0.25) is 33.5 Å². The van der Waals surface area contributed by atoms with E-state index in [4.69, 9.17) is 30.8 Å². The minimum atomic E-state index is -4.62. The normalized spacial score (nSPS) is 13.4. The Kier molecular flexibility index (Phi) is 22.3. The molecule has 460 valence electrons. The Morgan fingerprint density at radius 2 is 1.52 bits per heavy atom. The van der Waals surface area contributed by atoms with E-state index >= 15 is 0 Å². The van der Waals surface area contributed by atoms with Gasteiger partial charge in [-0.1, -0.05) is 98.3 Å². The summed E-state index contributed by atoms with van der Waals surface area (Å²) < 4.78 is 63.0. The molecule has 1 aliphatic heterocycles. The van der Waals surface area contributed by atoms with E-state index in [1.54, 1.807) is 93.2 Å². The fraction of sp³-hybridized carbons (Fsp3) is 0.358. The Labute approximate surface area is 514 Å². The number of ether oxygens (including phenoxy) is 3. The van der Waals surface area contributed by atoms with Crippen molar-refractivity contribution >= 4 is 51.6 Å². The third kappa shape index (κ3) is 17.5. The first-order chi connectivity index (χ1) is 42.5. The monoisotopic (exact) mass is 1220 g/mol. The Balaban J connectivity index is 0.680. The molecule has 0 bridgehead atoms. The Morgan fingerprint density at radius 1 is 0.795 bits per heavy atom. The summed E-state index contributed by atoms with van der Waals surface area (Å²) in [6.45, 7) is 13.7. The molecule has 0 saturated carbocycles. The number of hydrogen-bond donors (Lipinski definition) is 2. The van der Waals surface area contributed by atoms with Gasteiger partial charge in [0.05, 0.1) is 73.8 Å². The van der Waals surface area contributed by atoms with Crippen molar-refractivity contribution in [2.24, 2.45) is 5.92 Å². The quantitative estimate of drug-likeness (QED) is 0.0388. The number of benzene rings is 5. The number of halogens is 4. The summed E-state index contributed by atoms with van der Waals surface area (Å²) >= 11 is 6.42. The number of carbonyl (C=O) groups excluding carboxylic acids is 3. The van der Waals surface area contributed by atoms with Gasteiger partial charge in [-0.05, 0) is 103 Å². The van der Waals surface area contributed by atoms with Crippen LogP contribution >= 0.6 is 11.6 Å². The number of amides is 3. The second-order valence-electron chi connectivity index (χ2n) is 22.0. The second kappa shape index (κ2) is 30.6. The molecule has 88 heavy (non-hydrogen) atoms. The Bertz CT molecular complexity index is 3820. The van der Waals surface area contributed by atoms with Gasteiger partial charge in [0, 0.05) is 98.2 Å². The number of anilines is 1. The topological polar surface area (TPSA) is 178 Å². The van der Waals surface area contributed by atoms with Crippen LogP contribution in [0.3, 0.4) is 0 Å². The van der Waals surface area contributed by atoms with Crippen LogP contribution in [0.25, 0.3) is 16.6 Å². The first-order valence-electron chi connectivity index (χ1n) is 29.5. The molecule has 21 heteroatoms. The maximum Gasteiger partial charge on any atom is 0.416 e. The van der Waals surface area contributed by atoms with Crippen LogP contribution in [0.4, 0.5) is 18.9 Å². The number of carbonyl (C=O) groups is 3. The van der Waals surface area contributed by atoms with Crippen LogP contribution in [0.5, 0.6) is 0 Å². The molecule has 4 heterocycles. The van der Waals surface area contributed by atoms with Crippen LogP contribution in [-0.2, 0) is 44.7 Å². The summed E-state index contributed by atoms with van der Waals surface area (Å²) in [5, 5.41) is 10.7. The highest BCUT2D eigenvalue weighted by Crippen LogP contribution is 2.34. The van der Waals surface area contributed by atoms with Gasteiger partial charge in [0.25, 0.3) is 17.4 Å². The molecule has 2 N–H and O–H groups in total. The van der Waals surface area contributed by atoms with Crippen LogP contribution in [-0.4, -0.2) is 142 Å². The van der Waals surface area contributed by atoms with Gasteiger partial charge in [0.15, 0.2) is 5.65 Å². The molecule has 0 radical (unpaired) electrons. The molecule has 8 aromatic rings. The van der Waals surface area contributed by atoms with Gasteiger partial charge in [-0.15, -0.1) is 0 Å². The fourth-order valence-electron chi connectivity index (χ4n) is 10.5. The van der Waals surface area contributed by atoms with Gasteiger partial charge < -0.3 is 29.7 Å². The van der Waals surface area contributed by atoms with Crippen molar-refractivity contribution in [2.45, 2.75) is 65.8 Å². The lowest BCUT2D eigenvalue weighted by Gasteiger charge is -2.35. The molecule has 0 spiro atoms. The lowest BCUT2D eigenvalue weighted by molar-refractivity contribution is -0.137. The van der Waals surface area contributed by atoms with Gasteiger partial charge in [0.1, 0.15) is 12.4 Å².